The number of likely N-dealkylation sites (tertiary alicyclic amines) is 1. The number of rotatable bonds is 5. The lowest BCUT2D eigenvalue weighted by molar-refractivity contribution is 0.0787. The third kappa shape index (κ3) is 3.51. The second kappa shape index (κ2) is 7.07. The normalized spacial score (nSPS) is 18.4. The fraction of sp³-hybridized carbons (Fsp3) is 0.600. The number of nitrogens with zero attached hydrogens (tertiary/aromatic N) is 2. The molecule has 0 aliphatic carbocycles. The van der Waals surface area contributed by atoms with Crippen molar-refractivity contribution in [3.63, 3.8) is 0 Å². The van der Waals surface area contributed by atoms with Gasteiger partial charge in [0.1, 0.15) is 5.82 Å². The van der Waals surface area contributed by atoms with E-state index in [9.17, 15) is 4.79 Å². The molecule has 1 atom stereocenters. The van der Waals surface area contributed by atoms with Crippen LogP contribution in [0.4, 0.5) is 5.82 Å². The van der Waals surface area contributed by atoms with Crippen molar-refractivity contribution in [2.75, 3.05) is 25.0 Å². The summed E-state index contributed by atoms with van der Waals surface area (Å²) < 4.78 is 0.840. The number of halogens is 1. The molecular weight excluding hydrogens is 318 g/mol. The third-order valence-corrected chi connectivity index (χ3v) is 4.13. The number of aromatic nitrogens is 1. The van der Waals surface area contributed by atoms with Crippen LogP contribution in [0.15, 0.2) is 16.7 Å². The Morgan fingerprint density at radius 2 is 2.35 bits per heavy atom. The van der Waals surface area contributed by atoms with Gasteiger partial charge >= 0.3 is 0 Å². The standard InChI is InChI=1S/C15H22BrN3O/c1-3-5-11-6-7-19(10-11)15(20)13-8-12(16)9-18-14(13)17-4-2/h8-9,11H,3-7,10H2,1-2H3,(H,17,18). The Kier molecular flexibility index (Phi) is 5.40. The lowest BCUT2D eigenvalue weighted by Crippen LogP contribution is -2.29. The average molecular weight is 340 g/mol. The zero-order chi connectivity index (χ0) is 14.5. The van der Waals surface area contributed by atoms with Crippen LogP contribution in [0, 0.1) is 5.92 Å². The van der Waals surface area contributed by atoms with E-state index in [0.29, 0.717) is 17.3 Å². The molecule has 2 rings (SSSR count). The van der Waals surface area contributed by atoms with Crippen LogP contribution in [0.3, 0.4) is 0 Å². The summed E-state index contributed by atoms with van der Waals surface area (Å²) in [6.07, 6.45) is 5.24. The molecule has 0 saturated carbocycles. The summed E-state index contributed by atoms with van der Waals surface area (Å²) in [6.45, 7) is 6.71. The minimum atomic E-state index is 0.0911. The first-order chi connectivity index (χ1) is 9.65. The van der Waals surface area contributed by atoms with Crippen molar-refractivity contribution in [3.8, 4) is 0 Å². The van der Waals surface area contributed by atoms with E-state index in [4.69, 9.17) is 0 Å². The molecule has 5 heteroatoms. The predicted octanol–water partition coefficient (Wildman–Crippen LogP) is 3.54. The molecule has 2 heterocycles. The molecule has 0 spiro atoms. The number of hydrogen-bond donors (Lipinski definition) is 1. The van der Waals surface area contributed by atoms with Crippen molar-refractivity contribution in [1.82, 2.24) is 9.88 Å². The Bertz CT molecular complexity index is 478. The summed E-state index contributed by atoms with van der Waals surface area (Å²) in [5.41, 5.74) is 0.665. The quantitative estimate of drug-likeness (QED) is 0.892. The monoisotopic (exact) mass is 339 g/mol. The van der Waals surface area contributed by atoms with Crippen LogP contribution >= 0.6 is 15.9 Å². The van der Waals surface area contributed by atoms with Crippen molar-refractivity contribution in [1.29, 1.82) is 0 Å². The summed E-state index contributed by atoms with van der Waals surface area (Å²) in [4.78, 5) is 18.9. The molecule has 4 nitrogen and oxygen atoms in total. The van der Waals surface area contributed by atoms with Crippen LogP contribution in [0.2, 0.25) is 0 Å². The summed E-state index contributed by atoms with van der Waals surface area (Å²) in [5.74, 6) is 1.43. The van der Waals surface area contributed by atoms with E-state index in [1.807, 2.05) is 17.9 Å². The third-order valence-electron chi connectivity index (χ3n) is 3.70. The number of carbonyl (C=O) groups excluding carboxylic acids is 1. The van der Waals surface area contributed by atoms with Gasteiger partial charge in [-0.15, -0.1) is 0 Å². The van der Waals surface area contributed by atoms with Crippen molar-refractivity contribution in [2.24, 2.45) is 5.92 Å². The first-order valence-corrected chi connectivity index (χ1v) is 8.13. The van der Waals surface area contributed by atoms with Gasteiger partial charge in [0, 0.05) is 30.3 Å². The largest absolute Gasteiger partial charge is 0.370 e. The molecule has 20 heavy (non-hydrogen) atoms. The summed E-state index contributed by atoms with van der Waals surface area (Å²) in [6, 6.07) is 1.86. The van der Waals surface area contributed by atoms with E-state index < -0.39 is 0 Å². The van der Waals surface area contributed by atoms with Gasteiger partial charge in [-0.25, -0.2) is 4.98 Å². The SMILES string of the molecule is CCCC1CCN(C(=O)c2cc(Br)cnc2NCC)C1. The van der Waals surface area contributed by atoms with Crippen molar-refractivity contribution in [2.45, 2.75) is 33.1 Å². The Labute approximate surface area is 129 Å². The Hall–Kier alpha value is -1.10. The maximum absolute atomic E-state index is 12.7. The number of hydrogen-bond acceptors (Lipinski definition) is 3. The first kappa shape index (κ1) is 15.3. The summed E-state index contributed by atoms with van der Waals surface area (Å²) >= 11 is 3.40. The van der Waals surface area contributed by atoms with E-state index in [2.05, 4.69) is 33.2 Å². The fourth-order valence-corrected chi connectivity index (χ4v) is 3.07. The zero-order valence-electron chi connectivity index (χ0n) is 12.2. The highest BCUT2D eigenvalue weighted by Gasteiger charge is 2.28. The average Bonchev–Trinajstić information content (AvgIpc) is 2.89. The number of pyridine rings is 1. The minimum Gasteiger partial charge on any atom is -0.370 e. The van der Waals surface area contributed by atoms with Gasteiger partial charge in [0.05, 0.1) is 5.56 Å². The molecule has 1 fully saturated rings. The minimum absolute atomic E-state index is 0.0911. The fourth-order valence-electron chi connectivity index (χ4n) is 2.74. The highest BCUT2D eigenvalue weighted by molar-refractivity contribution is 9.10. The maximum atomic E-state index is 12.7. The van der Waals surface area contributed by atoms with Crippen molar-refractivity contribution in [3.05, 3.63) is 22.3 Å². The van der Waals surface area contributed by atoms with Crippen LogP contribution in [0.25, 0.3) is 0 Å². The first-order valence-electron chi connectivity index (χ1n) is 7.34. The molecule has 1 amide bonds. The number of amides is 1. The molecule has 1 aliphatic heterocycles. The molecule has 0 bridgehead atoms. The predicted molar refractivity (Wildman–Crippen MR) is 85.0 cm³/mol. The lowest BCUT2D eigenvalue weighted by atomic mass is 10.0. The van der Waals surface area contributed by atoms with E-state index >= 15 is 0 Å². The smallest absolute Gasteiger partial charge is 0.257 e. The number of nitrogens with one attached hydrogen (secondary N) is 1. The second-order valence-corrected chi connectivity index (χ2v) is 6.19. The topological polar surface area (TPSA) is 45.2 Å². The van der Waals surface area contributed by atoms with Gasteiger partial charge in [-0.2, -0.15) is 0 Å². The van der Waals surface area contributed by atoms with Crippen LogP contribution in [0.1, 0.15) is 43.5 Å². The molecule has 1 aromatic rings. The Morgan fingerprint density at radius 1 is 1.55 bits per heavy atom. The van der Waals surface area contributed by atoms with Crippen LogP contribution in [-0.4, -0.2) is 35.4 Å². The highest BCUT2D eigenvalue weighted by atomic mass is 79.9. The molecule has 1 saturated heterocycles. The van der Waals surface area contributed by atoms with Gasteiger partial charge in [0.25, 0.3) is 5.91 Å². The van der Waals surface area contributed by atoms with Gasteiger partial charge in [-0.3, -0.25) is 4.79 Å². The molecule has 1 N–H and O–H groups in total. The Morgan fingerprint density at radius 3 is 3.05 bits per heavy atom. The zero-order valence-corrected chi connectivity index (χ0v) is 13.7. The van der Waals surface area contributed by atoms with Crippen molar-refractivity contribution >= 4 is 27.7 Å². The maximum Gasteiger partial charge on any atom is 0.257 e. The molecule has 1 aromatic heterocycles. The van der Waals surface area contributed by atoms with E-state index in [1.165, 1.54) is 12.8 Å². The molecule has 1 aliphatic rings. The molecule has 1 unspecified atom stereocenters. The molecule has 0 aromatic carbocycles. The van der Waals surface area contributed by atoms with Crippen LogP contribution in [0.5, 0.6) is 0 Å². The second-order valence-electron chi connectivity index (χ2n) is 5.27. The van der Waals surface area contributed by atoms with Gasteiger partial charge in [0.2, 0.25) is 0 Å². The molecule has 110 valence electrons. The van der Waals surface area contributed by atoms with Gasteiger partial charge in [0.15, 0.2) is 0 Å². The molecule has 0 radical (unpaired) electrons. The van der Waals surface area contributed by atoms with Crippen LogP contribution < -0.4 is 5.32 Å². The summed E-state index contributed by atoms with van der Waals surface area (Å²) in [5, 5.41) is 3.16. The summed E-state index contributed by atoms with van der Waals surface area (Å²) in [7, 11) is 0. The van der Waals surface area contributed by atoms with Crippen molar-refractivity contribution < 1.29 is 4.79 Å². The van der Waals surface area contributed by atoms with Gasteiger partial charge in [-0.05, 0) is 47.7 Å². The Balaban J connectivity index is 2.14. The number of carbonyl (C=O) groups is 1. The highest BCUT2D eigenvalue weighted by Crippen LogP contribution is 2.25. The van der Waals surface area contributed by atoms with E-state index in [0.717, 1.165) is 30.5 Å². The lowest BCUT2D eigenvalue weighted by Gasteiger charge is -2.18. The van der Waals surface area contributed by atoms with Gasteiger partial charge in [-0.1, -0.05) is 13.3 Å². The van der Waals surface area contributed by atoms with E-state index in [1.54, 1.807) is 6.20 Å². The van der Waals surface area contributed by atoms with E-state index in [-0.39, 0.29) is 5.91 Å². The van der Waals surface area contributed by atoms with Gasteiger partial charge < -0.3 is 10.2 Å². The number of anilines is 1. The van der Waals surface area contributed by atoms with Crippen LogP contribution in [-0.2, 0) is 0 Å². The molecular formula is C15H22BrN3O.